The second-order valence-corrected chi connectivity index (χ2v) is 8.19. The van der Waals surface area contributed by atoms with Crippen molar-refractivity contribution >= 4 is 28.0 Å². The highest BCUT2D eigenvalue weighted by Gasteiger charge is 2.42. The van der Waals surface area contributed by atoms with Crippen LogP contribution < -0.4 is 13.9 Å². The Hall–Kier alpha value is -1.80. The van der Waals surface area contributed by atoms with Crippen LogP contribution in [0.5, 0.6) is 0 Å². The number of benzene rings is 2. The lowest BCUT2D eigenvalue weighted by Gasteiger charge is -2.43. The molecule has 0 atom stereocenters. The van der Waals surface area contributed by atoms with Gasteiger partial charge < -0.3 is 5.32 Å². The molecular weight excluding hydrogens is 341 g/mol. The van der Waals surface area contributed by atoms with Crippen molar-refractivity contribution in [1.29, 1.82) is 0 Å². The predicted octanol–water partition coefficient (Wildman–Crippen LogP) is 4.51. The largest absolute Gasteiger partial charge is 0.314 e. The molecule has 1 saturated carbocycles. The number of nitrogens with one attached hydrogen (secondary N) is 1. The van der Waals surface area contributed by atoms with Gasteiger partial charge in [-0.3, -0.25) is 13.4 Å². The predicted molar refractivity (Wildman–Crippen MR) is 101 cm³/mol. The first-order chi connectivity index (χ1) is 12.1. The van der Waals surface area contributed by atoms with Crippen LogP contribution in [0.25, 0.3) is 0 Å². The maximum Gasteiger partial charge on any atom is 0.148 e. The number of fused-ring (bicyclic) bond motifs is 1. The third kappa shape index (κ3) is 3.08. The van der Waals surface area contributed by atoms with Gasteiger partial charge in [0.25, 0.3) is 0 Å². The topological polar surface area (TPSA) is 59.0 Å². The smallest absolute Gasteiger partial charge is 0.148 e. The van der Waals surface area contributed by atoms with E-state index in [1.54, 1.807) is 28.6 Å². The molecule has 25 heavy (non-hydrogen) atoms. The average Bonchev–Trinajstić information content (AvgIpc) is 3.38. The zero-order chi connectivity index (χ0) is 17.4. The van der Waals surface area contributed by atoms with E-state index in [9.17, 15) is 13.5 Å². The Balaban J connectivity index is 1.63. The van der Waals surface area contributed by atoms with Crippen molar-refractivity contribution in [2.75, 3.05) is 21.7 Å². The van der Waals surface area contributed by atoms with Gasteiger partial charge in [-0.25, -0.2) is 8.70 Å². The number of halogens is 1. The number of nitrogens with zero attached hydrogens (tertiary/aromatic N) is 2. The highest BCUT2D eigenvalue weighted by atomic mass is 32.3. The number of hydrogen-bond donors (Lipinski definition) is 3. The Morgan fingerprint density at radius 1 is 1.00 bits per heavy atom. The second kappa shape index (κ2) is 6.49. The van der Waals surface area contributed by atoms with Crippen molar-refractivity contribution in [3.8, 4) is 0 Å². The van der Waals surface area contributed by atoms with Crippen molar-refractivity contribution in [2.45, 2.75) is 25.3 Å². The van der Waals surface area contributed by atoms with Gasteiger partial charge in [-0.05, 0) is 61.0 Å². The number of para-hydroxylation sites is 3. The molecule has 0 radical (unpaired) electrons. The minimum absolute atomic E-state index is 0.175. The van der Waals surface area contributed by atoms with Gasteiger partial charge in [0, 0.05) is 12.6 Å². The van der Waals surface area contributed by atoms with Crippen molar-refractivity contribution < 1.29 is 13.5 Å². The molecule has 1 fully saturated rings. The van der Waals surface area contributed by atoms with E-state index in [1.165, 1.54) is 23.2 Å². The summed E-state index contributed by atoms with van der Waals surface area (Å²) >= 11 is 0. The van der Waals surface area contributed by atoms with Gasteiger partial charge in [0.05, 0.1) is 11.4 Å². The standard InChI is InChI=1S/C18H22FN3O2S/c19-15-6-1-2-7-16(15)22-18-9-4-3-8-17(18)21(25(22,23)24)13-5-12-20-14-10-11-14/h1-4,6-9,14,20,23-24H,5,10-13H2. The third-order valence-corrected chi connectivity index (χ3v) is 6.38. The fourth-order valence-corrected chi connectivity index (χ4v) is 4.97. The first kappa shape index (κ1) is 16.7. The zero-order valence-electron chi connectivity index (χ0n) is 13.8. The molecule has 1 aliphatic carbocycles. The van der Waals surface area contributed by atoms with Gasteiger partial charge >= 0.3 is 0 Å². The number of rotatable bonds is 6. The fourth-order valence-electron chi connectivity index (χ4n) is 3.15. The molecule has 5 nitrogen and oxygen atoms in total. The SMILES string of the molecule is OS1(O)N(CCCNC2CC2)c2ccccc2N1c1ccccc1F. The molecule has 0 spiro atoms. The van der Waals surface area contributed by atoms with E-state index in [-0.39, 0.29) is 5.69 Å². The van der Waals surface area contributed by atoms with Gasteiger partial charge in [0.2, 0.25) is 0 Å². The summed E-state index contributed by atoms with van der Waals surface area (Å²) in [7, 11) is -3.35. The Morgan fingerprint density at radius 3 is 2.32 bits per heavy atom. The monoisotopic (exact) mass is 363 g/mol. The summed E-state index contributed by atoms with van der Waals surface area (Å²) in [4.78, 5) is 0. The molecule has 2 aromatic rings. The van der Waals surface area contributed by atoms with Gasteiger partial charge in [-0.2, -0.15) is 0 Å². The summed E-state index contributed by atoms with van der Waals surface area (Å²) < 4.78 is 39.1. The lowest BCUT2D eigenvalue weighted by atomic mass is 10.2. The molecule has 0 amide bonds. The van der Waals surface area contributed by atoms with Crippen molar-refractivity contribution in [3.63, 3.8) is 0 Å². The third-order valence-electron chi connectivity index (χ3n) is 4.53. The average molecular weight is 363 g/mol. The Bertz CT molecular complexity index is 769. The minimum Gasteiger partial charge on any atom is -0.314 e. The Kier molecular flexibility index (Phi) is 4.33. The van der Waals surface area contributed by atoms with E-state index in [1.807, 2.05) is 18.2 Å². The normalized spacial score (nSPS) is 19.8. The first-order valence-corrected chi connectivity index (χ1v) is 9.98. The van der Waals surface area contributed by atoms with E-state index in [2.05, 4.69) is 5.32 Å². The van der Waals surface area contributed by atoms with Crippen molar-refractivity contribution in [2.24, 2.45) is 0 Å². The van der Waals surface area contributed by atoms with Crippen molar-refractivity contribution in [1.82, 2.24) is 5.32 Å². The summed E-state index contributed by atoms with van der Waals surface area (Å²) in [5.74, 6) is -0.477. The van der Waals surface area contributed by atoms with Crippen LogP contribution in [0.1, 0.15) is 19.3 Å². The molecule has 0 saturated heterocycles. The Labute approximate surface area is 148 Å². The minimum atomic E-state index is -3.35. The van der Waals surface area contributed by atoms with Crippen LogP contribution in [0, 0.1) is 5.82 Å². The van der Waals surface area contributed by atoms with Crippen LogP contribution in [0.15, 0.2) is 48.5 Å². The highest BCUT2D eigenvalue weighted by Crippen LogP contribution is 2.64. The molecule has 2 aromatic carbocycles. The van der Waals surface area contributed by atoms with Gasteiger partial charge in [0.15, 0.2) is 0 Å². The molecule has 4 rings (SSSR count). The molecular formula is C18H22FN3O2S. The van der Waals surface area contributed by atoms with Gasteiger partial charge in [-0.1, -0.05) is 24.3 Å². The quantitative estimate of drug-likeness (QED) is 0.660. The number of anilines is 3. The van der Waals surface area contributed by atoms with E-state index in [0.717, 1.165) is 18.7 Å². The highest BCUT2D eigenvalue weighted by molar-refractivity contribution is 8.27. The Morgan fingerprint density at radius 2 is 1.64 bits per heavy atom. The molecule has 7 heteroatoms. The van der Waals surface area contributed by atoms with Crippen molar-refractivity contribution in [3.05, 3.63) is 54.3 Å². The lowest BCUT2D eigenvalue weighted by Crippen LogP contribution is -2.33. The summed E-state index contributed by atoms with van der Waals surface area (Å²) in [6.45, 7) is 1.32. The van der Waals surface area contributed by atoms with Gasteiger partial charge in [0.1, 0.15) is 11.5 Å². The summed E-state index contributed by atoms with van der Waals surface area (Å²) in [5.41, 5.74) is 1.51. The maximum absolute atomic E-state index is 14.3. The summed E-state index contributed by atoms with van der Waals surface area (Å²) in [6.07, 6.45) is 3.23. The summed E-state index contributed by atoms with van der Waals surface area (Å²) in [6, 6.07) is 14.1. The van der Waals surface area contributed by atoms with Crippen LogP contribution in [0.2, 0.25) is 0 Å². The van der Waals surface area contributed by atoms with Crippen LogP contribution in [0.4, 0.5) is 21.5 Å². The lowest BCUT2D eigenvalue weighted by molar-refractivity contribution is 0.482. The molecule has 0 unspecified atom stereocenters. The maximum atomic E-state index is 14.3. The molecule has 0 bridgehead atoms. The van der Waals surface area contributed by atoms with E-state index >= 15 is 0 Å². The first-order valence-electron chi connectivity index (χ1n) is 8.52. The molecule has 3 N–H and O–H groups in total. The molecule has 1 aliphatic heterocycles. The van der Waals surface area contributed by atoms with Crippen LogP contribution >= 0.6 is 11.0 Å². The molecule has 1 heterocycles. The molecule has 2 aliphatic rings. The van der Waals surface area contributed by atoms with Crippen LogP contribution in [-0.2, 0) is 0 Å². The van der Waals surface area contributed by atoms with E-state index in [0.29, 0.717) is 18.3 Å². The van der Waals surface area contributed by atoms with Gasteiger partial charge in [-0.15, -0.1) is 0 Å². The molecule has 134 valence electrons. The molecule has 0 aromatic heterocycles. The van der Waals surface area contributed by atoms with E-state index in [4.69, 9.17) is 0 Å². The second-order valence-electron chi connectivity index (χ2n) is 6.41. The zero-order valence-corrected chi connectivity index (χ0v) is 14.6. The van der Waals surface area contributed by atoms with Crippen LogP contribution in [0.3, 0.4) is 0 Å². The van der Waals surface area contributed by atoms with Crippen LogP contribution in [-0.4, -0.2) is 28.2 Å². The number of hydrogen-bond acceptors (Lipinski definition) is 5. The summed E-state index contributed by atoms with van der Waals surface area (Å²) in [5, 5.41) is 3.43. The fraction of sp³-hybridized carbons (Fsp3) is 0.333. The van der Waals surface area contributed by atoms with E-state index < -0.39 is 16.8 Å².